The van der Waals surface area contributed by atoms with Crippen molar-refractivity contribution < 1.29 is 4.79 Å². The number of nitrogen functional groups attached to an aromatic ring is 1. The highest BCUT2D eigenvalue weighted by atomic mass is 16.2. The molecular weight excluding hydrogens is 210 g/mol. The number of carbonyl (C=O) groups excluding carboxylic acids is 1. The molecule has 0 saturated heterocycles. The molecule has 0 radical (unpaired) electrons. The topological polar surface area (TPSA) is 125 Å². The minimum absolute atomic E-state index is 0.0694. The number of hydrogen-bond acceptors (Lipinski definition) is 6. The first-order valence-electron chi connectivity index (χ1n) is 4.34. The highest BCUT2D eigenvalue weighted by molar-refractivity contribution is 5.76. The zero-order valence-corrected chi connectivity index (χ0v) is 8.37. The quantitative estimate of drug-likeness (QED) is 0.630. The Morgan fingerprint density at radius 1 is 1.50 bits per heavy atom. The Bertz CT molecular complexity index is 436. The fourth-order valence-corrected chi connectivity index (χ4v) is 1.03. The Hall–Kier alpha value is -2.61. The molecule has 0 aromatic carbocycles. The van der Waals surface area contributed by atoms with Crippen molar-refractivity contribution in [1.29, 1.82) is 10.5 Å². The predicted octanol–water partition coefficient (Wildman–Crippen LogP) is -1.26. The minimum Gasteiger partial charge on any atom is -0.367 e. The van der Waals surface area contributed by atoms with E-state index < -0.39 is 0 Å². The van der Waals surface area contributed by atoms with Crippen LogP contribution >= 0.6 is 0 Å². The van der Waals surface area contributed by atoms with Gasteiger partial charge in [-0.1, -0.05) is 0 Å². The van der Waals surface area contributed by atoms with Crippen molar-refractivity contribution in [3.63, 3.8) is 0 Å². The minimum atomic E-state index is -0.381. The fraction of sp³-hybridized carbons (Fsp3) is 0.375. The molecule has 0 saturated carbocycles. The highest BCUT2D eigenvalue weighted by Gasteiger charge is 2.13. The lowest BCUT2D eigenvalue weighted by atomic mass is 10.4. The summed E-state index contributed by atoms with van der Waals surface area (Å²) >= 11 is 0. The second-order valence-electron chi connectivity index (χ2n) is 2.87. The third-order valence-corrected chi connectivity index (χ3v) is 1.73. The number of nitrogens with zero attached hydrogens (tertiary/aromatic N) is 6. The number of nitriles is 2. The van der Waals surface area contributed by atoms with Crippen molar-refractivity contribution in [3.8, 4) is 12.1 Å². The first-order valence-corrected chi connectivity index (χ1v) is 4.34. The Morgan fingerprint density at radius 3 is 2.56 bits per heavy atom. The molecular formula is C8H9N7O. The summed E-state index contributed by atoms with van der Waals surface area (Å²) in [6.45, 7) is -0.347. The Morgan fingerprint density at radius 2 is 2.12 bits per heavy atom. The van der Waals surface area contributed by atoms with Crippen molar-refractivity contribution in [3.05, 3.63) is 6.33 Å². The van der Waals surface area contributed by atoms with Crippen LogP contribution in [0, 0.1) is 22.7 Å². The van der Waals surface area contributed by atoms with Crippen molar-refractivity contribution in [1.82, 2.24) is 19.7 Å². The number of anilines is 1. The molecule has 8 nitrogen and oxygen atoms in total. The van der Waals surface area contributed by atoms with E-state index in [1.54, 1.807) is 0 Å². The van der Waals surface area contributed by atoms with E-state index in [4.69, 9.17) is 16.3 Å². The molecule has 82 valence electrons. The lowest BCUT2D eigenvalue weighted by Crippen LogP contribution is -2.34. The third kappa shape index (κ3) is 2.96. The van der Waals surface area contributed by atoms with E-state index in [2.05, 4.69) is 10.1 Å². The number of carbonyl (C=O) groups is 1. The molecule has 0 aliphatic rings. The lowest BCUT2D eigenvalue weighted by molar-refractivity contribution is -0.130. The van der Waals surface area contributed by atoms with Gasteiger partial charge in [-0.25, -0.2) is 9.67 Å². The maximum atomic E-state index is 11.6. The summed E-state index contributed by atoms with van der Waals surface area (Å²) in [4.78, 5) is 16.4. The molecule has 0 atom stereocenters. The van der Waals surface area contributed by atoms with Gasteiger partial charge in [0, 0.05) is 0 Å². The smallest absolute Gasteiger partial charge is 0.246 e. The second kappa shape index (κ2) is 5.32. The number of nitrogens with two attached hydrogens (primary N) is 1. The number of aromatic nitrogens is 3. The monoisotopic (exact) mass is 219 g/mol. The maximum absolute atomic E-state index is 11.6. The first-order chi connectivity index (χ1) is 7.67. The second-order valence-corrected chi connectivity index (χ2v) is 2.87. The van der Waals surface area contributed by atoms with E-state index >= 15 is 0 Å². The van der Waals surface area contributed by atoms with Crippen LogP contribution in [0.4, 0.5) is 5.95 Å². The summed E-state index contributed by atoms with van der Waals surface area (Å²) in [7, 11) is 0. The van der Waals surface area contributed by atoms with Gasteiger partial charge in [0.2, 0.25) is 11.9 Å². The molecule has 2 N–H and O–H groups in total. The Balaban J connectivity index is 2.63. The largest absolute Gasteiger partial charge is 0.367 e. The maximum Gasteiger partial charge on any atom is 0.246 e. The Labute approximate surface area is 91.5 Å². The molecule has 0 aliphatic heterocycles. The average molecular weight is 219 g/mol. The van der Waals surface area contributed by atoms with Crippen LogP contribution in [-0.2, 0) is 11.3 Å². The van der Waals surface area contributed by atoms with Gasteiger partial charge in [-0.15, -0.1) is 5.10 Å². The zero-order chi connectivity index (χ0) is 12.0. The number of rotatable bonds is 4. The van der Waals surface area contributed by atoms with Crippen LogP contribution in [-0.4, -0.2) is 38.7 Å². The summed E-state index contributed by atoms with van der Waals surface area (Å²) < 4.78 is 1.25. The molecule has 1 aromatic heterocycles. The van der Waals surface area contributed by atoms with Gasteiger partial charge < -0.3 is 10.6 Å². The van der Waals surface area contributed by atoms with Crippen LogP contribution in [0.15, 0.2) is 6.33 Å². The van der Waals surface area contributed by atoms with Crippen molar-refractivity contribution in [2.24, 2.45) is 0 Å². The Kier molecular flexibility index (Phi) is 3.81. The predicted molar refractivity (Wildman–Crippen MR) is 52.2 cm³/mol. The van der Waals surface area contributed by atoms with E-state index in [-0.39, 0.29) is 31.5 Å². The molecule has 1 heterocycles. The molecule has 1 aromatic rings. The van der Waals surface area contributed by atoms with Crippen LogP contribution in [0.2, 0.25) is 0 Å². The van der Waals surface area contributed by atoms with Crippen LogP contribution in [0.3, 0.4) is 0 Å². The molecule has 0 unspecified atom stereocenters. The molecule has 0 aliphatic carbocycles. The standard InChI is InChI=1S/C8H9N7O/c9-1-3-14(4-2-10)7(16)5-15-6-12-8(11)13-15/h6H,3-5H2,(H2,11,13). The van der Waals surface area contributed by atoms with E-state index in [0.29, 0.717) is 0 Å². The van der Waals surface area contributed by atoms with E-state index in [1.165, 1.54) is 11.0 Å². The normalized spacial score (nSPS) is 9.12. The first kappa shape index (κ1) is 11.5. The number of amides is 1. The van der Waals surface area contributed by atoms with Gasteiger partial charge in [0.25, 0.3) is 0 Å². The highest BCUT2D eigenvalue weighted by Crippen LogP contribution is 1.94. The SMILES string of the molecule is N#CCN(CC#N)C(=O)Cn1cnc(N)n1. The van der Waals surface area contributed by atoms with E-state index in [0.717, 1.165) is 4.90 Å². The fourth-order valence-electron chi connectivity index (χ4n) is 1.03. The zero-order valence-electron chi connectivity index (χ0n) is 8.37. The van der Waals surface area contributed by atoms with E-state index in [9.17, 15) is 4.79 Å². The molecule has 1 rings (SSSR count). The molecule has 0 spiro atoms. The van der Waals surface area contributed by atoms with E-state index in [1.807, 2.05) is 12.1 Å². The molecule has 0 bridgehead atoms. The lowest BCUT2D eigenvalue weighted by Gasteiger charge is -2.14. The number of hydrogen-bond donors (Lipinski definition) is 1. The van der Waals surface area contributed by atoms with Gasteiger partial charge in [0.15, 0.2) is 0 Å². The van der Waals surface area contributed by atoms with Crippen molar-refractivity contribution in [2.45, 2.75) is 6.54 Å². The summed E-state index contributed by atoms with van der Waals surface area (Å²) in [6.07, 6.45) is 1.31. The van der Waals surface area contributed by atoms with Gasteiger partial charge in [-0.2, -0.15) is 10.5 Å². The molecule has 8 heteroatoms. The van der Waals surface area contributed by atoms with Gasteiger partial charge in [-0.3, -0.25) is 4.79 Å². The van der Waals surface area contributed by atoms with Crippen molar-refractivity contribution in [2.75, 3.05) is 18.8 Å². The summed E-state index contributed by atoms with van der Waals surface area (Å²) in [6, 6.07) is 3.62. The molecule has 16 heavy (non-hydrogen) atoms. The molecule has 0 fully saturated rings. The summed E-state index contributed by atoms with van der Waals surface area (Å²) in [5, 5.41) is 20.7. The van der Waals surface area contributed by atoms with Gasteiger partial charge >= 0.3 is 0 Å². The van der Waals surface area contributed by atoms with Gasteiger partial charge in [0.1, 0.15) is 26.0 Å². The van der Waals surface area contributed by atoms with Crippen LogP contribution in [0.25, 0.3) is 0 Å². The molecule has 1 amide bonds. The van der Waals surface area contributed by atoms with Crippen molar-refractivity contribution >= 4 is 11.9 Å². The van der Waals surface area contributed by atoms with Gasteiger partial charge in [-0.05, 0) is 0 Å². The third-order valence-electron chi connectivity index (χ3n) is 1.73. The summed E-state index contributed by atoms with van der Waals surface area (Å²) in [5.74, 6) is -0.312. The van der Waals surface area contributed by atoms with Crippen LogP contribution in [0.5, 0.6) is 0 Å². The summed E-state index contributed by atoms with van der Waals surface area (Å²) in [5.41, 5.74) is 5.28. The van der Waals surface area contributed by atoms with Gasteiger partial charge in [0.05, 0.1) is 12.1 Å². The van der Waals surface area contributed by atoms with Crippen LogP contribution in [0.1, 0.15) is 0 Å². The van der Waals surface area contributed by atoms with Crippen LogP contribution < -0.4 is 5.73 Å². The average Bonchev–Trinajstić information content (AvgIpc) is 2.63.